The zero-order valence-corrected chi connectivity index (χ0v) is 16.9. The minimum Gasteiger partial charge on any atom is -0.497 e. The first-order chi connectivity index (χ1) is 13.9. The highest BCUT2D eigenvalue weighted by Gasteiger charge is 2.31. The number of nitrogens with one attached hydrogen (secondary N) is 2. The van der Waals surface area contributed by atoms with Gasteiger partial charge in [0.2, 0.25) is 11.8 Å². The number of hydrogen-bond acceptors (Lipinski definition) is 5. The Bertz CT molecular complexity index is 939. The van der Waals surface area contributed by atoms with Gasteiger partial charge in [0.15, 0.2) is 0 Å². The highest BCUT2D eigenvalue weighted by atomic mass is 32.2. The second-order valence-corrected chi connectivity index (χ2v) is 7.80. The van der Waals surface area contributed by atoms with E-state index < -0.39 is 11.2 Å². The lowest BCUT2D eigenvalue weighted by Gasteiger charge is -2.09. The molecule has 0 spiro atoms. The van der Waals surface area contributed by atoms with Crippen LogP contribution in [0.4, 0.5) is 11.4 Å². The van der Waals surface area contributed by atoms with Gasteiger partial charge in [0.05, 0.1) is 18.6 Å². The third-order valence-corrected chi connectivity index (χ3v) is 5.34. The Balaban J connectivity index is 1.48. The van der Waals surface area contributed by atoms with Gasteiger partial charge in [0.25, 0.3) is 5.91 Å². The van der Waals surface area contributed by atoms with E-state index in [-0.39, 0.29) is 24.7 Å². The topological polar surface area (TPSA) is 96.9 Å². The molecule has 2 aromatic rings. The van der Waals surface area contributed by atoms with Crippen LogP contribution in [0.2, 0.25) is 0 Å². The van der Waals surface area contributed by atoms with Gasteiger partial charge in [-0.2, -0.15) is 0 Å². The summed E-state index contributed by atoms with van der Waals surface area (Å²) >= 11 is 1.16. The fourth-order valence-corrected chi connectivity index (χ4v) is 3.75. The lowest BCUT2D eigenvalue weighted by atomic mass is 10.2. The second-order valence-electron chi connectivity index (χ2n) is 6.52. The van der Waals surface area contributed by atoms with E-state index in [0.29, 0.717) is 22.2 Å². The standard InChI is InChI=1S/C21H21N3O4S/c1-13-3-5-14(6-4-13)23-19(26)12-20-24-21(27)17(29-20)11-18(25)22-15-7-9-16(28-2)10-8-15/h3-10,17H,11-12H2,1-2H3,(H,22,25)(H,23,26)/t17-/m0/s1. The van der Waals surface area contributed by atoms with Crippen molar-refractivity contribution in [3.05, 3.63) is 54.1 Å². The smallest absolute Gasteiger partial charge is 0.260 e. The van der Waals surface area contributed by atoms with Crippen molar-refractivity contribution in [3.63, 3.8) is 0 Å². The quantitative estimate of drug-likeness (QED) is 0.728. The summed E-state index contributed by atoms with van der Waals surface area (Å²) in [5.41, 5.74) is 2.40. The van der Waals surface area contributed by atoms with E-state index in [0.717, 1.165) is 17.3 Å². The molecule has 8 heteroatoms. The van der Waals surface area contributed by atoms with Crippen LogP contribution in [0.5, 0.6) is 5.75 Å². The van der Waals surface area contributed by atoms with Gasteiger partial charge in [0, 0.05) is 17.8 Å². The minimum atomic E-state index is -0.615. The maximum atomic E-state index is 12.2. The molecular weight excluding hydrogens is 390 g/mol. The van der Waals surface area contributed by atoms with Crippen molar-refractivity contribution in [2.24, 2.45) is 4.99 Å². The first kappa shape index (κ1) is 20.6. The Labute approximate surface area is 172 Å². The summed E-state index contributed by atoms with van der Waals surface area (Å²) in [6.45, 7) is 1.96. The molecule has 0 aromatic heterocycles. The van der Waals surface area contributed by atoms with Gasteiger partial charge in [-0.3, -0.25) is 14.4 Å². The molecule has 0 bridgehead atoms. The number of aliphatic imine (C=N–C) groups is 1. The van der Waals surface area contributed by atoms with Crippen LogP contribution in [0.3, 0.4) is 0 Å². The average Bonchev–Trinajstić information content (AvgIpc) is 3.02. The lowest BCUT2D eigenvalue weighted by molar-refractivity contribution is -0.121. The number of benzene rings is 2. The molecule has 150 valence electrons. The molecule has 2 aromatic carbocycles. The van der Waals surface area contributed by atoms with E-state index >= 15 is 0 Å². The number of carbonyl (C=O) groups is 3. The van der Waals surface area contributed by atoms with Gasteiger partial charge in [-0.1, -0.05) is 29.5 Å². The summed E-state index contributed by atoms with van der Waals surface area (Å²) < 4.78 is 5.07. The van der Waals surface area contributed by atoms with Crippen molar-refractivity contribution >= 4 is 45.9 Å². The molecular formula is C21H21N3O4S. The minimum absolute atomic E-state index is 0.000875. The molecule has 0 saturated heterocycles. The molecule has 0 unspecified atom stereocenters. The first-order valence-electron chi connectivity index (χ1n) is 9.01. The molecule has 1 aliphatic rings. The zero-order chi connectivity index (χ0) is 20.8. The van der Waals surface area contributed by atoms with Crippen LogP contribution in [0, 0.1) is 6.92 Å². The van der Waals surface area contributed by atoms with Gasteiger partial charge < -0.3 is 15.4 Å². The first-order valence-corrected chi connectivity index (χ1v) is 9.89. The van der Waals surface area contributed by atoms with Gasteiger partial charge in [-0.25, -0.2) is 4.99 Å². The zero-order valence-electron chi connectivity index (χ0n) is 16.1. The average molecular weight is 411 g/mol. The van der Waals surface area contributed by atoms with Crippen LogP contribution in [0.1, 0.15) is 18.4 Å². The monoisotopic (exact) mass is 411 g/mol. The molecule has 7 nitrogen and oxygen atoms in total. The number of ether oxygens (including phenoxy) is 1. The Morgan fingerprint density at radius 2 is 1.59 bits per heavy atom. The van der Waals surface area contributed by atoms with Gasteiger partial charge in [-0.05, 0) is 43.3 Å². The van der Waals surface area contributed by atoms with Crippen molar-refractivity contribution < 1.29 is 19.1 Å². The molecule has 0 saturated carbocycles. The predicted molar refractivity (Wildman–Crippen MR) is 114 cm³/mol. The highest BCUT2D eigenvalue weighted by Crippen LogP contribution is 2.27. The van der Waals surface area contributed by atoms with Crippen LogP contribution in [-0.4, -0.2) is 35.1 Å². The molecule has 3 amide bonds. The number of amides is 3. The number of hydrogen-bond donors (Lipinski definition) is 2. The van der Waals surface area contributed by atoms with Crippen LogP contribution < -0.4 is 15.4 Å². The van der Waals surface area contributed by atoms with E-state index in [4.69, 9.17) is 4.74 Å². The van der Waals surface area contributed by atoms with Crippen molar-refractivity contribution in [1.82, 2.24) is 0 Å². The maximum Gasteiger partial charge on any atom is 0.260 e. The number of rotatable bonds is 7. The fraction of sp³-hybridized carbons (Fsp3) is 0.238. The lowest BCUT2D eigenvalue weighted by Crippen LogP contribution is -2.21. The second kappa shape index (κ2) is 9.38. The number of methoxy groups -OCH3 is 1. The molecule has 1 atom stereocenters. The van der Waals surface area contributed by atoms with Crippen LogP contribution in [-0.2, 0) is 14.4 Å². The molecule has 1 aliphatic heterocycles. The number of carbonyl (C=O) groups excluding carboxylic acids is 3. The van der Waals surface area contributed by atoms with Gasteiger partial charge in [0.1, 0.15) is 11.0 Å². The molecule has 2 N–H and O–H groups in total. The molecule has 1 heterocycles. The Hall–Kier alpha value is -3.13. The molecule has 0 fully saturated rings. The van der Waals surface area contributed by atoms with E-state index in [1.807, 2.05) is 31.2 Å². The molecule has 3 rings (SSSR count). The normalized spacial score (nSPS) is 15.6. The summed E-state index contributed by atoms with van der Waals surface area (Å²) in [5.74, 6) is -0.248. The third kappa shape index (κ3) is 5.92. The fourth-order valence-electron chi connectivity index (χ4n) is 2.68. The number of anilines is 2. The van der Waals surface area contributed by atoms with Gasteiger partial charge in [-0.15, -0.1) is 0 Å². The summed E-state index contributed by atoms with van der Waals surface area (Å²) in [5, 5.41) is 5.32. The SMILES string of the molecule is COc1ccc(NC(=O)C[C@@H]2SC(CC(=O)Nc3ccc(C)cc3)=NC2=O)cc1. The van der Waals surface area contributed by atoms with E-state index in [9.17, 15) is 14.4 Å². The molecule has 0 radical (unpaired) electrons. The predicted octanol–water partition coefficient (Wildman–Crippen LogP) is 3.40. The Morgan fingerprint density at radius 1 is 1.00 bits per heavy atom. The van der Waals surface area contributed by atoms with Crippen molar-refractivity contribution in [1.29, 1.82) is 0 Å². The summed E-state index contributed by atoms with van der Waals surface area (Å²) in [6, 6.07) is 14.3. The van der Waals surface area contributed by atoms with Crippen molar-refractivity contribution in [3.8, 4) is 5.75 Å². The van der Waals surface area contributed by atoms with Crippen LogP contribution in [0.15, 0.2) is 53.5 Å². The van der Waals surface area contributed by atoms with Crippen LogP contribution in [0.25, 0.3) is 0 Å². The van der Waals surface area contributed by atoms with E-state index in [2.05, 4.69) is 15.6 Å². The summed E-state index contributed by atoms with van der Waals surface area (Å²) in [7, 11) is 1.56. The Kier molecular flexibility index (Phi) is 6.66. The summed E-state index contributed by atoms with van der Waals surface area (Å²) in [6.07, 6.45) is -0.0109. The Morgan fingerprint density at radius 3 is 2.21 bits per heavy atom. The molecule has 0 aliphatic carbocycles. The van der Waals surface area contributed by atoms with Crippen molar-refractivity contribution in [2.45, 2.75) is 25.0 Å². The van der Waals surface area contributed by atoms with E-state index in [1.165, 1.54) is 0 Å². The third-order valence-electron chi connectivity index (χ3n) is 4.18. The number of aryl methyl sites for hydroxylation is 1. The highest BCUT2D eigenvalue weighted by molar-refractivity contribution is 8.15. The summed E-state index contributed by atoms with van der Waals surface area (Å²) in [4.78, 5) is 40.4. The van der Waals surface area contributed by atoms with Gasteiger partial charge >= 0.3 is 0 Å². The number of nitrogens with zero attached hydrogens (tertiary/aromatic N) is 1. The largest absolute Gasteiger partial charge is 0.497 e. The number of thioether (sulfide) groups is 1. The van der Waals surface area contributed by atoms with Crippen LogP contribution >= 0.6 is 11.8 Å². The van der Waals surface area contributed by atoms with Crippen molar-refractivity contribution in [2.75, 3.05) is 17.7 Å². The van der Waals surface area contributed by atoms with E-state index in [1.54, 1.807) is 31.4 Å². The maximum absolute atomic E-state index is 12.2. The molecule has 29 heavy (non-hydrogen) atoms.